The number of aryl methyl sites for hydroxylation is 1. The van der Waals surface area contributed by atoms with Gasteiger partial charge in [0, 0.05) is 20.0 Å². The van der Waals surface area contributed by atoms with Gasteiger partial charge in [-0.1, -0.05) is 16.5 Å². The number of rotatable bonds is 2. The van der Waals surface area contributed by atoms with Gasteiger partial charge < -0.3 is 14.2 Å². The summed E-state index contributed by atoms with van der Waals surface area (Å²) in [5.41, 5.74) is 1.77. The van der Waals surface area contributed by atoms with Crippen LogP contribution in [0.1, 0.15) is 30.7 Å². The van der Waals surface area contributed by atoms with Crippen molar-refractivity contribution in [2.75, 3.05) is 18.0 Å². The molecule has 0 aromatic carbocycles. The number of ether oxygens (including phenoxy) is 1. The summed E-state index contributed by atoms with van der Waals surface area (Å²) in [7, 11) is 0. The molecule has 2 aromatic heterocycles. The third-order valence-corrected chi connectivity index (χ3v) is 4.75. The molecule has 2 aliphatic heterocycles. The molecule has 0 bridgehead atoms. The normalized spacial score (nSPS) is 29.6. The van der Waals surface area contributed by atoms with Crippen molar-refractivity contribution in [2.24, 2.45) is 5.92 Å². The maximum absolute atomic E-state index is 6.12. The van der Waals surface area contributed by atoms with E-state index < -0.39 is 0 Å². The number of piperidine rings is 1. The Hall–Kier alpha value is -1.54. The van der Waals surface area contributed by atoms with Crippen LogP contribution in [0.15, 0.2) is 10.0 Å². The number of hydrogen-bond acceptors (Lipinski definition) is 8. The van der Waals surface area contributed by atoms with Crippen LogP contribution in [0.3, 0.4) is 0 Å². The minimum atomic E-state index is -0.0307. The van der Waals surface area contributed by atoms with Gasteiger partial charge in [-0.25, -0.2) is 0 Å². The zero-order valence-electron chi connectivity index (χ0n) is 11.1. The lowest BCUT2D eigenvalue weighted by Crippen LogP contribution is -2.42. The largest absolute Gasteiger partial charge is 0.365 e. The topological polar surface area (TPSA) is 77.2 Å². The van der Waals surface area contributed by atoms with Gasteiger partial charge in [-0.2, -0.15) is 4.98 Å². The predicted octanol–water partition coefficient (Wildman–Crippen LogP) is 1.59. The average Bonchev–Trinajstić information content (AvgIpc) is 3.17. The molecule has 7 nitrogen and oxygen atoms in total. The highest BCUT2D eigenvalue weighted by Crippen LogP contribution is 2.40. The van der Waals surface area contributed by atoms with Gasteiger partial charge in [0.2, 0.25) is 16.8 Å². The number of anilines is 1. The minimum absolute atomic E-state index is 0.0307. The van der Waals surface area contributed by atoms with Crippen LogP contribution in [0.4, 0.5) is 5.13 Å². The second-order valence-corrected chi connectivity index (χ2v) is 6.10. The lowest BCUT2D eigenvalue weighted by molar-refractivity contribution is 0.0267. The van der Waals surface area contributed by atoms with Gasteiger partial charge in [-0.15, -0.1) is 10.2 Å². The first kappa shape index (κ1) is 12.2. The van der Waals surface area contributed by atoms with Gasteiger partial charge in [-0.3, -0.25) is 0 Å². The van der Waals surface area contributed by atoms with Gasteiger partial charge in [-0.05, 0) is 18.8 Å². The summed E-state index contributed by atoms with van der Waals surface area (Å²) in [6.07, 6.45) is 2.28. The molecule has 8 heteroatoms. The molecule has 2 saturated heterocycles. The van der Waals surface area contributed by atoms with Crippen LogP contribution in [0.5, 0.6) is 0 Å². The summed E-state index contributed by atoms with van der Waals surface area (Å²) >= 11 is 1.57. The van der Waals surface area contributed by atoms with Gasteiger partial charge in [0.25, 0.3) is 0 Å². The lowest BCUT2D eigenvalue weighted by atomic mass is 9.92. The molecular formula is C12H15N5O2S. The fourth-order valence-electron chi connectivity index (χ4n) is 3.02. The van der Waals surface area contributed by atoms with E-state index in [0.717, 1.165) is 31.1 Å². The van der Waals surface area contributed by atoms with Crippen molar-refractivity contribution >= 4 is 16.5 Å². The highest BCUT2D eigenvalue weighted by molar-refractivity contribution is 7.13. The van der Waals surface area contributed by atoms with Crippen LogP contribution in [0.25, 0.3) is 0 Å². The zero-order chi connectivity index (χ0) is 13.5. The molecule has 0 saturated carbocycles. The minimum Gasteiger partial charge on any atom is -0.365 e. The van der Waals surface area contributed by atoms with E-state index in [2.05, 4.69) is 25.2 Å². The SMILES string of the molecule is Cc1nc([C@@H]2C[C@H]3CCN(c4nncs4)C[C@@H]3O2)no1. The molecule has 2 fully saturated rings. The van der Waals surface area contributed by atoms with Crippen molar-refractivity contribution in [3.05, 3.63) is 17.2 Å². The highest BCUT2D eigenvalue weighted by Gasteiger charge is 2.41. The molecule has 2 aliphatic rings. The van der Waals surface area contributed by atoms with Crippen LogP contribution in [-0.2, 0) is 4.74 Å². The molecule has 0 aliphatic carbocycles. The average molecular weight is 293 g/mol. The van der Waals surface area contributed by atoms with E-state index in [-0.39, 0.29) is 12.2 Å². The quantitative estimate of drug-likeness (QED) is 0.832. The fourth-order valence-corrected chi connectivity index (χ4v) is 3.62. The summed E-state index contributed by atoms with van der Waals surface area (Å²) in [5, 5.41) is 13.0. The van der Waals surface area contributed by atoms with Crippen LogP contribution in [-0.4, -0.2) is 39.5 Å². The fraction of sp³-hybridized carbons (Fsp3) is 0.667. The van der Waals surface area contributed by atoms with Gasteiger partial charge >= 0.3 is 0 Å². The van der Waals surface area contributed by atoms with Gasteiger partial charge in [0.05, 0.1) is 6.10 Å². The van der Waals surface area contributed by atoms with Crippen LogP contribution < -0.4 is 4.90 Å². The zero-order valence-corrected chi connectivity index (χ0v) is 11.9. The standard InChI is InChI=1S/C12H15N5O2S/c1-7-14-11(16-19-7)9-4-8-2-3-17(5-10(8)18-9)12-15-13-6-20-12/h6,8-10H,2-5H2,1H3/t8-,9+,10+/m1/s1. The molecule has 20 heavy (non-hydrogen) atoms. The molecule has 0 radical (unpaired) electrons. The predicted molar refractivity (Wildman–Crippen MR) is 71.5 cm³/mol. The Bertz CT molecular complexity index is 586. The van der Waals surface area contributed by atoms with Gasteiger partial charge in [0.15, 0.2) is 0 Å². The Morgan fingerprint density at radius 1 is 1.45 bits per heavy atom. The van der Waals surface area contributed by atoms with E-state index in [1.165, 1.54) is 0 Å². The molecule has 2 aromatic rings. The highest BCUT2D eigenvalue weighted by atomic mass is 32.1. The summed E-state index contributed by atoms with van der Waals surface area (Å²) in [6.45, 7) is 3.68. The van der Waals surface area contributed by atoms with Gasteiger partial charge in [0.1, 0.15) is 11.6 Å². The third-order valence-electron chi connectivity index (χ3n) is 4.00. The van der Waals surface area contributed by atoms with E-state index in [1.54, 1.807) is 23.8 Å². The number of nitrogens with zero attached hydrogens (tertiary/aromatic N) is 5. The third kappa shape index (κ3) is 2.08. The van der Waals surface area contributed by atoms with Crippen molar-refractivity contribution in [1.29, 1.82) is 0 Å². The first-order valence-electron chi connectivity index (χ1n) is 6.76. The molecule has 3 atom stereocenters. The first-order valence-corrected chi connectivity index (χ1v) is 7.64. The summed E-state index contributed by atoms with van der Waals surface area (Å²) < 4.78 is 11.2. The molecule has 106 valence electrons. The molecule has 0 unspecified atom stereocenters. The van der Waals surface area contributed by atoms with E-state index in [1.807, 2.05) is 0 Å². The smallest absolute Gasteiger partial charge is 0.223 e. The Kier molecular flexibility index (Phi) is 2.92. The molecule has 0 spiro atoms. The molecule has 4 rings (SSSR count). The van der Waals surface area contributed by atoms with Crippen LogP contribution >= 0.6 is 11.3 Å². The van der Waals surface area contributed by atoms with Crippen molar-refractivity contribution in [3.8, 4) is 0 Å². The van der Waals surface area contributed by atoms with Crippen molar-refractivity contribution in [3.63, 3.8) is 0 Å². The van der Waals surface area contributed by atoms with Crippen LogP contribution in [0.2, 0.25) is 0 Å². The Morgan fingerprint density at radius 3 is 3.15 bits per heavy atom. The number of aromatic nitrogens is 4. The van der Waals surface area contributed by atoms with Crippen LogP contribution in [0, 0.1) is 12.8 Å². The Balaban J connectivity index is 1.47. The maximum Gasteiger partial charge on any atom is 0.223 e. The summed E-state index contributed by atoms with van der Waals surface area (Å²) in [4.78, 5) is 6.54. The number of hydrogen-bond donors (Lipinski definition) is 0. The van der Waals surface area contributed by atoms with Crippen molar-refractivity contribution in [1.82, 2.24) is 20.3 Å². The molecule has 4 heterocycles. The molecule has 0 amide bonds. The summed E-state index contributed by atoms with van der Waals surface area (Å²) in [6, 6.07) is 0. The van der Waals surface area contributed by atoms with E-state index in [0.29, 0.717) is 17.6 Å². The van der Waals surface area contributed by atoms with E-state index >= 15 is 0 Å². The molecule has 0 N–H and O–H groups in total. The van der Waals surface area contributed by atoms with E-state index in [4.69, 9.17) is 9.26 Å². The van der Waals surface area contributed by atoms with Crippen molar-refractivity contribution < 1.29 is 9.26 Å². The second-order valence-electron chi connectivity index (χ2n) is 5.29. The number of fused-ring (bicyclic) bond motifs is 1. The van der Waals surface area contributed by atoms with E-state index in [9.17, 15) is 0 Å². The molecular weight excluding hydrogens is 278 g/mol. The first-order chi connectivity index (χ1) is 9.79. The summed E-state index contributed by atoms with van der Waals surface area (Å²) in [5.74, 6) is 1.84. The van der Waals surface area contributed by atoms with Crippen molar-refractivity contribution in [2.45, 2.75) is 32.0 Å². The monoisotopic (exact) mass is 293 g/mol. The Morgan fingerprint density at radius 2 is 2.40 bits per heavy atom. The maximum atomic E-state index is 6.12. The Labute approximate surface area is 120 Å². The second kappa shape index (κ2) is 4.78. The lowest BCUT2D eigenvalue weighted by Gasteiger charge is -2.33.